The third-order valence-electron chi connectivity index (χ3n) is 5.99. The predicted octanol–water partition coefficient (Wildman–Crippen LogP) is 2.20. The highest BCUT2D eigenvalue weighted by molar-refractivity contribution is 6.31. The van der Waals surface area contributed by atoms with E-state index in [1.54, 1.807) is 16.7 Å². The topological polar surface area (TPSA) is 91.7 Å². The number of halogens is 1. The number of carbonyl (C=O) groups excluding carboxylic acids is 1. The summed E-state index contributed by atoms with van der Waals surface area (Å²) in [5.74, 6) is 0.603. The van der Waals surface area contributed by atoms with Crippen LogP contribution in [0.15, 0.2) is 46.2 Å². The molecule has 0 radical (unpaired) electrons. The number of anilines is 1. The Balaban J connectivity index is 1.16. The fraction of sp³-hybridized carbons (Fsp3) is 0.292. The molecule has 8 nitrogen and oxygen atoms in total. The summed E-state index contributed by atoms with van der Waals surface area (Å²) in [6.45, 7) is 5.44. The molecule has 2 aromatic carbocycles. The number of nitrogens with one attached hydrogen (secondary N) is 2. The van der Waals surface area contributed by atoms with Gasteiger partial charge in [0.1, 0.15) is 16.8 Å². The van der Waals surface area contributed by atoms with Crippen molar-refractivity contribution in [3.8, 4) is 5.75 Å². The number of carbonyl (C=O) groups is 1. The minimum atomic E-state index is -0.268. The maximum Gasteiger partial charge on any atom is 0.274 e. The maximum absolute atomic E-state index is 12.4. The number of hydrogen-bond acceptors (Lipinski definition) is 5. The van der Waals surface area contributed by atoms with Crippen LogP contribution in [0, 0.1) is 0 Å². The Morgan fingerprint density at radius 3 is 2.97 bits per heavy atom. The van der Waals surface area contributed by atoms with Gasteiger partial charge in [-0.15, -0.1) is 0 Å². The molecule has 2 aliphatic rings. The van der Waals surface area contributed by atoms with Gasteiger partial charge in [-0.05, 0) is 43.0 Å². The highest BCUT2D eigenvalue weighted by Gasteiger charge is 2.21. The summed E-state index contributed by atoms with van der Waals surface area (Å²) in [7, 11) is 0. The van der Waals surface area contributed by atoms with Crippen LogP contribution in [0.3, 0.4) is 0 Å². The fourth-order valence-electron chi connectivity index (χ4n) is 4.22. The van der Waals surface area contributed by atoms with Crippen molar-refractivity contribution in [3.05, 3.63) is 73.9 Å². The predicted molar refractivity (Wildman–Crippen MR) is 127 cm³/mol. The van der Waals surface area contributed by atoms with Crippen LogP contribution in [0.5, 0.6) is 5.75 Å². The Morgan fingerprint density at radius 2 is 2.09 bits per heavy atom. The highest BCUT2D eigenvalue weighted by atomic mass is 35.5. The van der Waals surface area contributed by atoms with Crippen LogP contribution in [-0.2, 0) is 17.8 Å². The standard InChI is InChI=1S/C24H24ClN5O3/c1-15-23(32)27-24-26-22-17(14-29(15)24)18(25)9-10-20(22)33-13-5-4-8-21(31)28-30-12-11-16-6-2-3-7-19(16)30/h2-3,6-7,9-10H,1,4-5,8,11-14H2,(H,28,31)(H,26,27,32). The summed E-state index contributed by atoms with van der Waals surface area (Å²) in [6, 6.07) is 11.7. The SMILES string of the molecule is C=c1c(=O)[nH]c2n1Cc1c(Cl)ccc(OCCCCC(=O)NN3CCc4ccccc43)c1N=2. The molecule has 3 heterocycles. The summed E-state index contributed by atoms with van der Waals surface area (Å²) in [5, 5.41) is 2.83. The number of hydrogen-bond donors (Lipinski definition) is 2. The molecular formula is C24H24ClN5O3. The van der Waals surface area contributed by atoms with E-state index in [1.807, 2.05) is 23.2 Å². The van der Waals surface area contributed by atoms with Gasteiger partial charge < -0.3 is 9.30 Å². The van der Waals surface area contributed by atoms with Gasteiger partial charge in [-0.25, -0.2) is 4.99 Å². The van der Waals surface area contributed by atoms with E-state index >= 15 is 0 Å². The van der Waals surface area contributed by atoms with E-state index in [0.29, 0.717) is 53.4 Å². The number of aromatic nitrogens is 2. The van der Waals surface area contributed by atoms with E-state index < -0.39 is 0 Å². The number of nitrogens with zero attached hydrogens (tertiary/aromatic N) is 3. The average Bonchev–Trinajstić information content (AvgIpc) is 3.34. The minimum absolute atomic E-state index is 0.000675. The van der Waals surface area contributed by atoms with Gasteiger partial charge in [-0.2, -0.15) is 0 Å². The number of ether oxygens (including phenoxy) is 1. The smallest absolute Gasteiger partial charge is 0.274 e. The summed E-state index contributed by atoms with van der Waals surface area (Å²) < 4.78 is 7.67. The van der Waals surface area contributed by atoms with Gasteiger partial charge in [0.25, 0.3) is 5.56 Å². The number of rotatable bonds is 7. The number of fused-ring (bicyclic) bond motifs is 3. The van der Waals surface area contributed by atoms with Crippen molar-refractivity contribution in [3.63, 3.8) is 0 Å². The Labute approximate surface area is 195 Å². The molecular weight excluding hydrogens is 442 g/mol. The van der Waals surface area contributed by atoms with Gasteiger partial charge in [-0.1, -0.05) is 36.4 Å². The van der Waals surface area contributed by atoms with Crippen molar-refractivity contribution < 1.29 is 9.53 Å². The normalized spacial score (nSPS) is 13.7. The van der Waals surface area contributed by atoms with E-state index in [1.165, 1.54) is 5.56 Å². The molecule has 1 amide bonds. The van der Waals surface area contributed by atoms with Crippen LogP contribution in [0.2, 0.25) is 5.02 Å². The van der Waals surface area contributed by atoms with Gasteiger partial charge in [0.2, 0.25) is 11.5 Å². The number of para-hydroxylation sites is 1. The fourth-order valence-corrected chi connectivity index (χ4v) is 4.44. The number of imidazole rings is 1. The van der Waals surface area contributed by atoms with Crippen molar-refractivity contribution in [2.24, 2.45) is 4.99 Å². The molecule has 170 valence electrons. The first-order valence-corrected chi connectivity index (χ1v) is 11.3. The molecule has 0 atom stereocenters. The molecule has 0 fully saturated rings. The van der Waals surface area contributed by atoms with E-state index in [-0.39, 0.29) is 11.5 Å². The lowest BCUT2D eigenvalue weighted by Gasteiger charge is -2.20. The summed E-state index contributed by atoms with van der Waals surface area (Å²) >= 11 is 6.37. The van der Waals surface area contributed by atoms with E-state index in [0.717, 1.165) is 30.6 Å². The second-order valence-corrected chi connectivity index (χ2v) is 8.57. The lowest BCUT2D eigenvalue weighted by atomic mass is 10.1. The first-order chi connectivity index (χ1) is 16.0. The molecule has 1 aromatic heterocycles. The molecule has 0 bridgehead atoms. The first kappa shape index (κ1) is 21.3. The molecule has 5 rings (SSSR count). The number of amides is 1. The molecule has 33 heavy (non-hydrogen) atoms. The van der Waals surface area contributed by atoms with Gasteiger partial charge >= 0.3 is 0 Å². The van der Waals surface area contributed by atoms with Crippen LogP contribution in [0.4, 0.5) is 11.4 Å². The number of benzene rings is 2. The lowest BCUT2D eigenvalue weighted by Crippen LogP contribution is -2.41. The second-order valence-electron chi connectivity index (χ2n) is 8.17. The Kier molecular flexibility index (Phi) is 5.68. The van der Waals surface area contributed by atoms with E-state index in [2.05, 4.69) is 28.0 Å². The third kappa shape index (κ3) is 4.14. The zero-order valence-corrected chi connectivity index (χ0v) is 18.8. The van der Waals surface area contributed by atoms with Crippen LogP contribution < -0.4 is 31.7 Å². The molecule has 9 heteroatoms. The number of aromatic amines is 1. The average molecular weight is 466 g/mol. The van der Waals surface area contributed by atoms with Crippen LogP contribution in [0.25, 0.3) is 6.58 Å². The first-order valence-electron chi connectivity index (χ1n) is 11.0. The molecule has 3 aromatic rings. The largest absolute Gasteiger partial charge is 0.491 e. The zero-order valence-electron chi connectivity index (χ0n) is 18.1. The monoisotopic (exact) mass is 465 g/mol. The Bertz CT molecular complexity index is 1390. The van der Waals surface area contributed by atoms with E-state index in [4.69, 9.17) is 16.3 Å². The van der Waals surface area contributed by atoms with Crippen molar-refractivity contribution in [1.82, 2.24) is 15.0 Å². The molecule has 0 unspecified atom stereocenters. The minimum Gasteiger partial charge on any atom is -0.491 e. The molecule has 0 spiro atoms. The third-order valence-corrected chi connectivity index (χ3v) is 6.35. The van der Waals surface area contributed by atoms with Crippen LogP contribution in [0.1, 0.15) is 30.4 Å². The van der Waals surface area contributed by atoms with Crippen molar-refractivity contribution in [2.75, 3.05) is 18.2 Å². The van der Waals surface area contributed by atoms with Crippen molar-refractivity contribution in [1.29, 1.82) is 0 Å². The number of unbranched alkanes of at least 4 members (excludes halogenated alkanes) is 1. The molecule has 2 N–H and O–H groups in total. The Morgan fingerprint density at radius 1 is 1.24 bits per heavy atom. The van der Waals surface area contributed by atoms with Gasteiger partial charge in [0.15, 0.2) is 0 Å². The quantitative estimate of drug-likeness (QED) is 0.409. The molecule has 0 saturated carbocycles. The summed E-state index contributed by atoms with van der Waals surface area (Å²) in [4.78, 5) is 31.5. The highest BCUT2D eigenvalue weighted by Crippen LogP contribution is 2.37. The summed E-state index contributed by atoms with van der Waals surface area (Å²) in [5.41, 5.74) is 6.90. The molecule has 0 aliphatic carbocycles. The lowest BCUT2D eigenvalue weighted by molar-refractivity contribution is -0.121. The van der Waals surface area contributed by atoms with E-state index in [9.17, 15) is 9.59 Å². The number of H-pyrrole nitrogens is 1. The van der Waals surface area contributed by atoms with Gasteiger partial charge in [-0.3, -0.25) is 25.0 Å². The van der Waals surface area contributed by atoms with Crippen LogP contribution >= 0.6 is 11.6 Å². The summed E-state index contributed by atoms with van der Waals surface area (Å²) in [6.07, 6.45) is 2.79. The van der Waals surface area contributed by atoms with Crippen LogP contribution in [-0.4, -0.2) is 28.6 Å². The van der Waals surface area contributed by atoms with Gasteiger partial charge in [0.05, 0.1) is 18.8 Å². The second kappa shape index (κ2) is 8.78. The Hall–Kier alpha value is -3.52. The van der Waals surface area contributed by atoms with Gasteiger partial charge in [0, 0.05) is 23.6 Å². The maximum atomic E-state index is 12.4. The molecule has 2 aliphatic heterocycles. The zero-order chi connectivity index (χ0) is 22.9. The van der Waals surface area contributed by atoms with Crippen molar-refractivity contribution in [2.45, 2.75) is 32.2 Å². The number of hydrazine groups is 1. The van der Waals surface area contributed by atoms with Crippen molar-refractivity contribution >= 4 is 35.5 Å². The molecule has 0 saturated heterocycles.